The smallest absolute Gasteiger partial charge is 0.387 e. The van der Waals surface area contributed by atoms with Gasteiger partial charge in [-0.25, -0.2) is 9.97 Å². The maximum Gasteiger partial charge on any atom is 0.387 e. The summed E-state index contributed by atoms with van der Waals surface area (Å²) in [4.78, 5) is 22.7. The van der Waals surface area contributed by atoms with E-state index in [0.29, 0.717) is 11.5 Å². The number of aromatic nitrogens is 2. The Hall–Kier alpha value is -2.12. The number of thiazole rings is 1. The van der Waals surface area contributed by atoms with Gasteiger partial charge in [-0.15, -0.1) is 0 Å². The van der Waals surface area contributed by atoms with Crippen LogP contribution in [0.1, 0.15) is 40.5 Å². The second kappa shape index (κ2) is 7.72. The monoisotopic (exact) mass is 422 g/mol. The van der Waals surface area contributed by atoms with Crippen molar-refractivity contribution in [1.29, 1.82) is 0 Å². The highest BCUT2D eigenvalue weighted by Gasteiger charge is 2.30. The summed E-state index contributed by atoms with van der Waals surface area (Å²) in [5.41, 5.74) is 3.66. The lowest BCUT2D eigenvalue weighted by Crippen LogP contribution is -2.09. The number of hydrogen-bond donors (Lipinski definition) is 0. The Balaban J connectivity index is 1.53. The van der Waals surface area contributed by atoms with E-state index in [2.05, 4.69) is 14.7 Å². The minimum absolute atomic E-state index is 0.00796. The Morgan fingerprint density at radius 3 is 2.82 bits per heavy atom. The molecule has 28 heavy (non-hydrogen) atoms. The van der Waals surface area contributed by atoms with Crippen LogP contribution in [0, 0.1) is 6.92 Å². The van der Waals surface area contributed by atoms with Crippen molar-refractivity contribution >= 4 is 39.1 Å². The number of carbonyl (C=O) groups is 1. The molecule has 0 radical (unpaired) electrons. The van der Waals surface area contributed by atoms with E-state index in [9.17, 15) is 13.6 Å². The predicted octanol–water partition coefficient (Wildman–Crippen LogP) is 5.49. The van der Waals surface area contributed by atoms with E-state index in [1.54, 1.807) is 23.6 Å². The molecule has 4 rings (SSSR count). The molecule has 1 aliphatic carbocycles. The molecule has 146 valence electrons. The molecule has 1 aromatic carbocycles. The number of halogens is 3. The Labute approximate surface area is 169 Å². The van der Waals surface area contributed by atoms with Gasteiger partial charge in [0.25, 0.3) is 0 Å². The molecule has 1 fully saturated rings. The van der Waals surface area contributed by atoms with Gasteiger partial charge < -0.3 is 4.74 Å². The topological polar surface area (TPSA) is 52.1 Å². The van der Waals surface area contributed by atoms with Crippen molar-refractivity contribution in [3.05, 3.63) is 51.1 Å². The fourth-order valence-electron chi connectivity index (χ4n) is 3.35. The van der Waals surface area contributed by atoms with Gasteiger partial charge in [0.05, 0.1) is 10.0 Å². The van der Waals surface area contributed by atoms with E-state index >= 15 is 0 Å². The molecule has 2 heterocycles. The summed E-state index contributed by atoms with van der Waals surface area (Å²) in [5, 5.41) is 1.03. The number of fused-ring (bicyclic) bond motifs is 1. The van der Waals surface area contributed by atoms with E-state index in [4.69, 9.17) is 11.6 Å². The summed E-state index contributed by atoms with van der Waals surface area (Å²) >= 11 is 7.53. The first-order valence-corrected chi connectivity index (χ1v) is 10.1. The lowest BCUT2D eigenvalue weighted by Gasteiger charge is -2.10. The van der Waals surface area contributed by atoms with Crippen LogP contribution in [-0.4, -0.2) is 22.4 Å². The zero-order chi connectivity index (χ0) is 19.8. The van der Waals surface area contributed by atoms with E-state index < -0.39 is 6.61 Å². The molecule has 0 bridgehead atoms. The summed E-state index contributed by atoms with van der Waals surface area (Å²) in [6.45, 7) is -0.985. The van der Waals surface area contributed by atoms with E-state index in [1.807, 2.05) is 6.92 Å². The third-order valence-corrected chi connectivity index (χ3v) is 5.82. The van der Waals surface area contributed by atoms with Gasteiger partial charge >= 0.3 is 6.61 Å². The number of alkyl halides is 2. The standard InChI is InChI=1S/C20H17ClF2N2O2S/c1-10-25-18-17(12-3-4-12)13(9-24-19(18)28-10)8-14(26)6-11-2-5-16(15(21)7-11)27-20(22)23/h2,5,7,9,12,20H,3-4,6,8H2,1H3. The van der Waals surface area contributed by atoms with Gasteiger partial charge in [-0.1, -0.05) is 29.0 Å². The molecule has 1 saturated carbocycles. The third kappa shape index (κ3) is 4.15. The first kappa shape index (κ1) is 19.2. The van der Waals surface area contributed by atoms with Crippen LogP contribution < -0.4 is 4.74 Å². The summed E-state index contributed by atoms with van der Waals surface area (Å²) < 4.78 is 29.0. The number of nitrogens with zero attached hydrogens (tertiary/aromatic N) is 2. The second-order valence-corrected chi connectivity index (χ2v) is 8.48. The molecule has 0 unspecified atom stereocenters. The highest BCUT2D eigenvalue weighted by Crippen LogP contribution is 2.45. The van der Waals surface area contributed by atoms with Crippen LogP contribution in [0.25, 0.3) is 10.3 Å². The SMILES string of the molecule is Cc1nc2c(C3CC3)c(CC(=O)Cc3ccc(OC(F)F)c(Cl)c3)cnc2s1. The molecule has 4 nitrogen and oxygen atoms in total. The summed E-state index contributed by atoms with van der Waals surface area (Å²) in [6.07, 6.45) is 4.43. The van der Waals surface area contributed by atoms with E-state index in [0.717, 1.165) is 39.3 Å². The van der Waals surface area contributed by atoms with Gasteiger partial charge in [0.2, 0.25) is 0 Å². The lowest BCUT2D eigenvalue weighted by atomic mass is 9.97. The fraction of sp³-hybridized carbons (Fsp3) is 0.350. The molecule has 0 aliphatic heterocycles. The molecule has 2 aromatic heterocycles. The molecule has 0 amide bonds. The number of hydrogen-bond acceptors (Lipinski definition) is 5. The minimum Gasteiger partial charge on any atom is -0.433 e. The predicted molar refractivity (Wildman–Crippen MR) is 105 cm³/mol. The highest BCUT2D eigenvalue weighted by molar-refractivity contribution is 7.18. The number of rotatable bonds is 7. The molecule has 8 heteroatoms. The van der Waals surface area contributed by atoms with Crippen LogP contribution in [0.2, 0.25) is 5.02 Å². The third-order valence-electron chi connectivity index (χ3n) is 4.64. The maximum atomic E-state index is 12.7. The first-order chi connectivity index (χ1) is 13.4. The first-order valence-electron chi connectivity index (χ1n) is 8.90. The van der Waals surface area contributed by atoms with Crippen LogP contribution in [0.15, 0.2) is 24.4 Å². The molecular formula is C20H17ClF2N2O2S. The number of ketones is 1. The van der Waals surface area contributed by atoms with Crippen molar-refractivity contribution in [2.75, 3.05) is 0 Å². The van der Waals surface area contributed by atoms with Crippen molar-refractivity contribution in [3.63, 3.8) is 0 Å². The summed E-state index contributed by atoms with van der Waals surface area (Å²) in [7, 11) is 0. The van der Waals surface area contributed by atoms with Crippen molar-refractivity contribution in [1.82, 2.24) is 9.97 Å². The molecular weight excluding hydrogens is 406 g/mol. The Morgan fingerprint density at radius 2 is 2.14 bits per heavy atom. The van der Waals surface area contributed by atoms with Crippen molar-refractivity contribution in [3.8, 4) is 5.75 Å². The highest BCUT2D eigenvalue weighted by atomic mass is 35.5. The fourth-order valence-corrected chi connectivity index (χ4v) is 4.38. The van der Waals surface area contributed by atoms with Gasteiger partial charge in [-0.3, -0.25) is 4.79 Å². The summed E-state index contributed by atoms with van der Waals surface area (Å²) in [5.74, 6) is 0.362. The number of carbonyl (C=O) groups excluding carboxylic acids is 1. The van der Waals surface area contributed by atoms with Gasteiger partial charge in [-0.2, -0.15) is 8.78 Å². The Kier molecular flexibility index (Phi) is 5.29. The quantitative estimate of drug-likeness (QED) is 0.505. The van der Waals surface area contributed by atoms with Gasteiger partial charge in [-0.05, 0) is 54.5 Å². The lowest BCUT2D eigenvalue weighted by molar-refractivity contribution is -0.117. The summed E-state index contributed by atoms with van der Waals surface area (Å²) in [6, 6.07) is 4.43. The molecule has 3 aromatic rings. The zero-order valence-electron chi connectivity index (χ0n) is 15.0. The minimum atomic E-state index is -2.94. The van der Waals surface area contributed by atoms with Crippen LogP contribution in [0.3, 0.4) is 0 Å². The van der Waals surface area contributed by atoms with Crippen LogP contribution in [-0.2, 0) is 17.6 Å². The Morgan fingerprint density at radius 1 is 1.36 bits per heavy atom. The van der Waals surface area contributed by atoms with Crippen LogP contribution in [0.4, 0.5) is 8.78 Å². The number of aryl methyl sites for hydroxylation is 1. The van der Waals surface area contributed by atoms with Crippen LogP contribution in [0.5, 0.6) is 5.75 Å². The maximum absolute atomic E-state index is 12.7. The molecule has 0 saturated heterocycles. The number of pyridine rings is 1. The number of benzene rings is 1. The molecule has 0 atom stereocenters. The van der Waals surface area contributed by atoms with Gasteiger partial charge in [0.15, 0.2) is 0 Å². The van der Waals surface area contributed by atoms with Crippen molar-refractivity contribution in [2.24, 2.45) is 0 Å². The van der Waals surface area contributed by atoms with Crippen LogP contribution >= 0.6 is 22.9 Å². The molecule has 0 spiro atoms. The number of ether oxygens (including phenoxy) is 1. The molecule has 1 aliphatic rings. The van der Waals surface area contributed by atoms with Crippen molar-refractivity contribution < 1.29 is 18.3 Å². The molecule has 0 N–H and O–H groups in total. The normalized spacial score (nSPS) is 14.0. The number of Topliss-reactive ketones (excluding diaryl/α,β-unsaturated/α-hetero) is 1. The van der Waals surface area contributed by atoms with Gasteiger partial charge in [0, 0.05) is 19.0 Å². The van der Waals surface area contributed by atoms with E-state index in [-0.39, 0.29) is 29.4 Å². The largest absolute Gasteiger partial charge is 0.433 e. The average molecular weight is 423 g/mol. The van der Waals surface area contributed by atoms with Gasteiger partial charge in [0.1, 0.15) is 21.9 Å². The zero-order valence-corrected chi connectivity index (χ0v) is 16.6. The van der Waals surface area contributed by atoms with Crippen molar-refractivity contribution in [2.45, 2.75) is 45.1 Å². The average Bonchev–Trinajstić information content (AvgIpc) is 3.37. The second-order valence-electron chi connectivity index (χ2n) is 6.89. The van der Waals surface area contributed by atoms with E-state index in [1.165, 1.54) is 12.1 Å². The Bertz CT molecular complexity index is 1050.